The van der Waals surface area contributed by atoms with Crippen LogP contribution in [0.3, 0.4) is 0 Å². The van der Waals surface area contributed by atoms with Crippen LogP contribution in [0.1, 0.15) is 45.7 Å². The quantitative estimate of drug-likeness (QED) is 0.606. The Morgan fingerprint density at radius 3 is 2.21 bits per heavy atom. The minimum atomic E-state index is -1.02. The van der Waals surface area contributed by atoms with Crippen LogP contribution < -0.4 is 0 Å². The standard InChI is InChI=1S/C23H24Cl2O3/c1-6-13-11-14(16-10-8-15(24)12-18(16)25)7-9-17(13)19-20(26)22(2,3)28-23(4,5)21(19)27/h7-12,26H,6H2,1-5H3. The van der Waals surface area contributed by atoms with E-state index in [-0.39, 0.29) is 11.5 Å². The summed E-state index contributed by atoms with van der Waals surface area (Å²) in [6, 6.07) is 11.2. The van der Waals surface area contributed by atoms with Gasteiger partial charge in [-0.05, 0) is 62.9 Å². The molecule has 5 heteroatoms. The van der Waals surface area contributed by atoms with Gasteiger partial charge in [0.05, 0.1) is 5.57 Å². The molecule has 2 aromatic carbocycles. The fourth-order valence-corrected chi connectivity index (χ4v) is 4.23. The summed E-state index contributed by atoms with van der Waals surface area (Å²) < 4.78 is 5.84. The van der Waals surface area contributed by atoms with E-state index in [1.807, 2.05) is 31.2 Å². The zero-order valence-corrected chi connectivity index (χ0v) is 18.2. The maximum atomic E-state index is 13.1. The van der Waals surface area contributed by atoms with Gasteiger partial charge in [0.25, 0.3) is 0 Å². The Balaban J connectivity index is 2.19. The lowest BCUT2D eigenvalue weighted by Crippen LogP contribution is -2.49. The van der Waals surface area contributed by atoms with E-state index >= 15 is 0 Å². The number of carbonyl (C=O) groups excluding carboxylic acids is 1. The highest BCUT2D eigenvalue weighted by Crippen LogP contribution is 2.42. The van der Waals surface area contributed by atoms with Crippen molar-refractivity contribution in [3.05, 3.63) is 63.3 Å². The van der Waals surface area contributed by atoms with E-state index < -0.39 is 11.2 Å². The van der Waals surface area contributed by atoms with E-state index in [9.17, 15) is 9.90 Å². The second-order valence-electron chi connectivity index (χ2n) is 8.03. The number of rotatable bonds is 3. The number of aliphatic hydroxyl groups excluding tert-OH is 1. The van der Waals surface area contributed by atoms with E-state index in [1.165, 1.54) is 0 Å². The largest absolute Gasteiger partial charge is 0.508 e. The fourth-order valence-electron chi connectivity index (χ4n) is 3.71. The van der Waals surface area contributed by atoms with Gasteiger partial charge in [0, 0.05) is 15.6 Å². The van der Waals surface area contributed by atoms with E-state index in [2.05, 4.69) is 0 Å². The van der Waals surface area contributed by atoms with Crippen LogP contribution in [0.5, 0.6) is 0 Å². The van der Waals surface area contributed by atoms with Crippen molar-refractivity contribution in [3.8, 4) is 11.1 Å². The molecule has 3 nitrogen and oxygen atoms in total. The van der Waals surface area contributed by atoms with Crippen LogP contribution >= 0.6 is 23.2 Å². The van der Waals surface area contributed by atoms with Crippen molar-refractivity contribution in [1.29, 1.82) is 0 Å². The summed E-state index contributed by atoms with van der Waals surface area (Å²) >= 11 is 12.4. The second-order valence-corrected chi connectivity index (χ2v) is 8.87. The lowest BCUT2D eigenvalue weighted by atomic mass is 9.81. The molecule has 0 amide bonds. The molecule has 1 aliphatic heterocycles. The van der Waals surface area contributed by atoms with Gasteiger partial charge in [-0.2, -0.15) is 0 Å². The van der Waals surface area contributed by atoms with Gasteiger partial charge in [-0.1, -0.05) is 54.4 Å². The van der Waals surface area contributed by atoms with E-state index in [0.29, 0.717) is 22.0 Å². The number of halogens is 2. The van der Waals surface area contributed by atoms with Gasteiger partial charge in [0.1, 0.15) is 17.0 Å². The van der Waals surface area contributed by atoms with E-state index in [1.54, 1.807) is 39.8 Å². The topological polar surface area (TPSA) is 46.5 Å². The van der Waals surface area contributed by atoms with E-state index in [4.69, 9.17) is 27.9 Å². The lowest BCUT2D eigenvalue weighted by molar-refractivity contribution is -0.158. The summed E-state index contributed by atoms with van der Waals surface area (Å²) in [7, 11) is 0. The van der Waals surface area contributed by atoms with Gasteiger partial charge in [0.15, 0.2) is 5.78 Å². The molecular weight excluding hydrogens is 395 g/mol. The Bertz CT molecular complexity index is 987. The van der Waals surface area contributed by atoms with Gasteiger partial charge in [-0.3, -0.25) is 4.79 Å². The normalized spacial score (nSPS) is 18.5. The summed E-state index contributed by atoms with van der Waals surface area (Å²) in [4.78, 5) is 13.1. The molecule has 1 heterocycles. The van der Waals surface area contributed by atoms with Crippen molar-refractivity contribution in [2.45, 2.75) is 52.2 Å². The molecule has 0 saturated carbocycles. The van der Waals surface area contributed by atoms with Gasteiger partial charge < -0.3 is 9.84 Å². The Kier molecular flexibility index (Phi) is 5.39. The Labute approximate surface area is 175 Å². The first-order chi connectivity index (χ1) is 13.0. The van der Waals surface area contributed by atoms with E-state index in [0.717, 1.165) is 22.3 Å². The molecule has 0 spiro atoms. The molecule has 0 radical (unpaired) electrons. The predicted molar refractivity (Wildman–Crippen MR) is 115 cm³/mol. The highest BCUT2D eigenvalue weighted by Gasteiger charge is 2.47. The van der Waals surface area contributed by atoms with Gasteiger partial charge in [0.2, 0.25) is 0 Å². The van der Waals surface area contributed by atoms with Crippen LogP contribution in [0, 0.1) is 0 Å². The minimum Gasteiger partial charge on any atom is -0.508 e. The van der Waals surface area contributed by atoms with Crippen LogP contribution in [-0.4, -0.2) is 22.1 Å². The lowest BCUT2D eigenvalue weighted by Gasteiger charge is -2.40. The van der Waals surface area contributed by atoms with Crippen LogP contribution in [0.4, 0.5) is 0 Å². The van der Waals surface area contributed by atoms with Crippen LogP contribution in [0.2, 0.25) is 10.0 Å². The predicted octanol–water partition coefficient (Wildman–Crippen LogP) is 6.65. The Morgan fingerprint density at radius 1 is 0.964 bits per heavy atom. The van der Waals surface area contributed by atoms with Gasteiger partial charge in [-0.25, -0.2) is 0 Å². The number of Topliss-reactive ketones (excluding diaryl/α,β-unsaturated/α-hetero) is 1. The van der Waals surface area contributed by atoms with Crippen LogP contribution in [0.25, 0.3) is 16.7 Å². The number of aryl methyl sites for hydroxylation is 1. The first-order valence-corrected chi connectivity index (χ1v) is 10.0. The zero-order valence-electron chi connectivity index (χ0n) is 16.7. The summed E-state index contributed by atoms with van der Waals surface area (Å²) in [5.41, 5.74) is 1.83. The highest BCUT2D eigenvalue weighted by atomic mass is 35.5. The molecule has 2 aromatic rings. The molecule has 0 bridgehead atoms. The number of benzene rings is 2. The smallest absolute Gasteiger partial charge is 0.198 e. The minimum absolute atomic E-state index is 0.0381. The average Bonchev–Trinajstić information content (AvgIpc) is 2.60. The first kappa shape index (κ1) is 20.9. The summed E-state index contributed by atoms with van der Waals surface area (Å²) in [6.07, 6.45) is 0.695. The number of hydrogen-bond acceptors (Lipinski definition) is 3. The third-order valence-electron chi connectivity index (χ3n) is 5.09. The number of hydrogen-bond donors (Lipinski definition) is 1. The molecule has 28 heavy (non-hydrogen) atoms. The maximum Gasteiger partial charge on any atom is 0.198 e. The van der Waals surface area contributed by atoms with Gasteiger partial charge in [-0.15, -0.1) is 0 Å². The number of aliphatic hydroxyl groups is 1. The molecule has 0 fully saturated rings. The van der Waals surface area contributed by atoms with Crippen molar-refractivity contribution in [1.82, 2.24) is 0 Å². The van der Waals surface area contributed by atoms with Crippen molar-refractivity contribution >= 4 is 34.6 Å². The molecule has 0 aromatic heterocycles. The molecule has 0 saturated heterocycles. The highest BCUT2D eigenvalue weighted by molar-refractivity contribution is 6.36. The van der Waals surface area contributed by atoms with Crippen molar-refractivity contribution in [2.75, 3.05) is 0 Å². The number of ketones is 1. The molecule has 0 unspecified atom stereocenters. The molecule has 148 valence electrons. The second kappa shape index (κ2) is 7.22. The summed E-state index contributed by atoms with van der Waals surface area (Å²) in [5.74, 6) is -0.264. The molecule has 1 N–H and O–H groups in total. The van der Waals surface area contributed by atoms with Crippen LogP contribution in [0.15, 0.2) is 42.2 Å². The SMILES string of the molecule is CCc1cc(-c2ccc(Cl)cc2Cl)ccc1C1=C(O)C(C)(C)OC(C)(C)C1=O. The zero-order chi connectivity index (χ0) is 20.9. The van der Waals surface area contributed by atoms with Crippen molar-refractivity contribution in [2.24, 2.45) is 0 Å². The average molecular weight is 419 g/mol. The Morgan fingerprint density at radius 2 is 1.61 bits per heavy atom. The van der Waals surface area contributed by atoms with Gasteiger partial charge >= 0.3 is 0 Å². The Hall–Kier alpha value is -1.81. The first-order valence-electron chi connectivity index (χ1n) is 9.25. The summed E-state index contributed by atoms with van der Waals surface area (Å²) in [6.45, 7) is 9.02. The number of ether oxygens (including phenoxy) is 1. The van der Waals surface area contributed by atoms with Crippen molar-refractivity contribution in [3.63, 3.8) is 0 Å². The monoisotopic (exact) mass is 418 g/mol. The summed E-state index contributed by atoms with van der Waals surface area (Å²) in [5, 5.41) is 12.0. The fraction of sp³-hybridized carbons (Fsp3) is 0.348. The van der Waals surface area contributed by atoms with Crippen LogP contribution in [-0.2, 0) is 16.0 Å². The van der Waals surface area contributed by atoms with Crippen molar-refractivity contribution < 1.29 is 14.6 Å². The molecule has 0 aliphatic carbocycles. The third-order valence-corrected chi connectivity index (χ3v) is 5.64. The number of carbonyl (C=O) groups is 1. The third kappa shape index (κ3) is 3.59. The molecular formula is C23H24Cl2O3. The maximum absolute atomic E-state index is 13.1. The molecule has 3 rings (SSSR count). The molecule has 1 aliphatic rings. The molecule has 0 atom stereocenters.